The van der Waals surface area contributed by atoms with Crippen LogP contribution in [0.3, 0.4) is 0 Å². The molecule has 3 aliphatic heterocycles. The molecular formula is C68H51Cl2F8N17O9. The Kier molecular flexibility index (Phi) is 22.5. The maximum absolute atomic E-state index is 13.7. The van der Waals surface area contributed by atoms with Gasteiger partial charge in [0.15, 0.2) is 5.78 Å². The van der Waals surface area contributed by atoms with Gasteiger partial charge >= 0.3 is 0 Å². The number of amides is 4. The summed E-state index contributed by atoms with van der Waals surface area (Å²) in [5.41, 5.74) is 4.55. The molecular weight excluding hydrogens is 1420 g/mol. The second kappa shape index (κ2) is 31.2. The van der Waals surface area contributed by atoms with Crippen LogP contribution in [0.5, 0.6) is 0 Å². The lowest BCUT2D eigenvalue weighted by molar-refractivity contribution is 0.0932. The highest BCUT2D eigenvalue weighted by molar-refractivity contribution is 6.30. The number of pyridine rings is 4. The number of nitrogens with two attached hydrogens (primary N) is 2. The van der Waals surface area contributed by atoms with Gasteiger partial charge in [0.2, 0.25) is 0 Å². The number of H-pyrrole nitrogens is 1. The summed E-state index contributed by atoms with van der Waals surface area (Å²) in [6.07, 6.45) is 8.66. The Bertz CT molecular complexity index is 5180. The first kappa shape index (κ1) is 75.1. The molecule has 3 unspecified atom stereocenters. The van der Waals surface area contributed by atoms with Gasteiger partial charge in [0.05, 0.1) is 0 Å². The van der Waals surface area contributed by atoms with Gasteiger partial charge in [-0.1, -0.05) is 23.2 Å². The highest BCUT2D eigenvalue weighted by atomic mass is 35.5. The van der Waals surface area contributed by atoms with E-state index in [2.05, 4.69) is 61.5 Å². The fourth-order valence-corrected chi connectivity index (χ4v) is 10.7. The van der Waals surface area contributed by atoms with Gasteiger partial charge in [-0.3, -0.25) is 56.9 Å². The zero-order valence-corrected chi connectivity index (χ0v) is 55.4. The molecule has 36 heteroatoms. The zero-order chi connectivity index (χ0) is 75.7. The topological polar surface area (TPSA) is 374 Å². The molecule has 3 aliphatic rings. The number of carbonyl (C=O) groups excluding carboxylic acids is 5. The average molecular weight is 1470 g/mol. The predicted molar refractivity (Wildman–Crippen MR) is 361 cm³/mol. The van der Waals surface area contributed by atoms with E-state index >= 15 is 0 Å². The van der Waals surface area contributed by atoms with Crippen molar-refractivity contribution in [2.75, 3.05) is 16.4 Å². The molecule has 532 valence electrons. The summed E-state index contributed by atoms with van der Waals surface area (Å²) in [6.45, 7) is 5.75. The van der Waals surface area contributed by atoms with Gasteiger partial charge in [0, 0.05) is 65.1 Å². The van der Waals surface area contributed by atoms with Gasteiger partial charge in [0.25, 0.3) is 45.9 Å². The van der Waals surface area contributed by atoms with E-state index in [4.69, 9.17) is 34.7 Å². The molecule has 0 spiro atoms. The maximum atomic E-state index is 13.7. The maximum Gasteiger partial charge on any atom is 0.277 e. The van der Waals surface area contributed by atoms with Crippen molar-refractivity contribution in [2.24, 2.45) is 5.73 Å². The molecule has 3 atom stereocenters. The number of halogens is 10. The SMILES string of the molecule is CC(=O)c1cc(F)cc(F)c1.CC1(c2cc(F)cc(F)c2)NC(=O)c2ccc(Cl)c(=O)n21.CC1(c2cc(F)cc(F)c2)NC(=O)c2ccc(Nc3ccncn3)c(=O)n21.CC1(c2cc(F)cc(F)c2)NC(=O)c2ccc(Nc3ccncn3)c(=O)n21.NC(=O)c1ccc(Cl)c(=O)[nH]1.Nc1ccncn1. The van der Waals surface area contributed by atoms with E-state index in [-0.39, 0.29) is 72.2 Å². The number of Topliss-reactive ketones (excluding diaryl/α,β-unsaturated/α-hetero) is 1. The zero-order valence-electron chi connectivity index (χ0n) is 53.9. The predicted octanol–water partition coefficient (Wildman–Crippen LogP) is 8.85. The Morgan fingerprint density at radius 3 is 1.09 bits per heavy atom. The summed E-state index contributed by atoms with van der Waals surface area (Å²) >= 11 is 11.2. The molecule has 0 saturated heterocycles. The van der Waals surface area contributed by atoms with Crippen molar-refractivity contribution in [3.8, 4) is 0 Å². The Morgan fingerprint density at radius 1 is 0.442 bits per heavy atom. The molecule has 14 rings (SSSR count). The van der Waals surface area contributed by atoms with E-state index in [1.54, 1.807) is 24.4 Å². The van der Waals surface area contributed by atoms with Crippen LogP contribution in [-0.4, -0.2) is 78.0 Å². The summed E-state index contributed by atoms with van der Waals surface area (Å²) in [7, 11) is 0. The Morgan fingerprint density at radius 2 is 0.779 bits per heavy atom. The molecule has 0 aliphatic carbocycles. The summed E-state index contributed by atoms with van der Waals surface area (Å²) < 4.78 is 110. The molecule has 0 radical (unpaired) electrons. The molecule has 4 aromatic carbocycles. The molecule has 4 amide bonds. The van der Waals surface area contributed by atoms with Crippen LogP contribution in [0.25, 0.3) is 0 Å². The smallest absolute Gasteiger partial charge is 0.277 e. The fraction of sp³-hybridized carbons (Fsp3) is 0.103. The fourth-order valence-electron chi connectivity index (χ4n) is 10.4. The Balaban J connectivity index is 0.000000153. The molecule has 0 bridgehead atoms. The standard InChI is InChI=1S/2C18H13F2N5O2.C14H9ClF2N2O2.C8H6F2O.C6H5ClN2O2.C4H5N3/c2*1-18(10-6-11(19)8-12(20)7-10)24-16(26)14-3-2-13(17(27)25(14)18)23-15-4-5-21-9-22-15;1-14(7-4-8(16)6-9(17)5-7)18-12(20)11-3-2-10(15)13(21)19(11)14;1-5(11)6-2-7(9)4-8(10)3-6;7-3-1-2-4(5(8)10)9-6(3)11;5-4-1-2-6-3-7-4/h2*2-9H,1H3,(H,24,26)(H,21,22,23);2-6H,1H3,(H,18,20);2-4H,1H3;1-2H,(H2,8,10)(H,9,11);1-3H,(H2,5,6,7). The second-order valence-corrected chi connectivity index (χ2v) is 23.3. The monoisotopic (exact) mass is 1470 g/mol. The van der Waals surface area contributed by atoms with Crippen molar-refractivity contribution in [2.45, 2.75) is 44.7 Å². The lowest BCUT2D eigenvalue weighted by Crippen LogP contribution is -2.46. The van der Waals surface area contributed by atoms with E-state index in [9.17, 15) is 78.3 Å². The van der Waals surface area contributed by atoms with Gasteiger partial charge in [-0.2, -0.15) is 0 Å². The molecule has 104 heavy (non-hydrogen) atoms. The van der Waals surface area contributed by atoms with Crippen LogP contribution < -0.4 is 60.3 Å². The number of nitrogen functional groups attached to an aromatic ring is 1. The number of anilines is 5. The third kappa shape index (κ3) is 16.8. The minimum atomic E-state index is -1.45. The number of carbonyl (C=O) groups is 5. The van der Waals surface area contributed by atoms with E-state index in [1.165, 1.54) is 117 Å². The number of aromatic amines is 1. The Labute approximate surface area is 589 Å². The van der Waals surface area contributed by atoms with Crippen molar-refractivity contribution < 1.29 is 59.1 Å². The van der Waals surface area contributed by atoms with Gasteiger partial charge in [0.1, 0.15) is 144 Å². The molecule has 0 fully saturated rings. The third-order valence-corrected chi connectivity index (χ3v) is 15.9. The van der Waals surface area contributed by atoms with Gasteiger partial charge in [-0.15, -0.1) is 0 Å². The molecule has 10 N–H and O–H groups in total. The van der Waals surface area contributed by atoms with Crippen LogP contribution in [0, 0.1) is 46.5 Å². The normalized spacial score (nSPS) is 16.1. The highest BCUT2D eigenvalue weighted by Crippen LogP contribution is 2.34. The number of ketones is 1. The number of nitrogens with one attached hydrogen (secondary N) is 6. The minimum absolute atomic E-state index is 0.0370. The van der Waals surface area contributed by atoms with E-state index in [0.29, 0.717) is 23.5 Å². The third-order valence-electron chi connectivity index (χ3n) is 15.3. The van der Waals surface area contributed by atoms with Crippen LogP contribution in [0.1, 0.15) is 96.7 Å². The largest absolute Gasteiger partial charge is 0.384 e. The average Bonchev–Trinajstić information content (AvgIpc) is 1.59. The second-order valence-electron chi connectivity index (χ2n) is 22.5. The van der Waals surface area contributed by atoms with Crippen molar-refractivity contribution in [3.63, 3.8) is 0 Å². The first-order valence-electron chi connectivity index (χ1n) is 29.7. The van der Waals surface area contributed by atoms with Crippen molar-refractivity contribution >= 4 is 81.4 Å². The van der Waals surface area contributed by atoms with Crippen molar-refractivity contribution in [3.05, 3.63) is 320 Å². The summed E-state index contributed by atoms with van der Waals surface area (Å²) in [5.74, 6) is -7.59. The van der Waals surface area contributed by atoms with Crippen LogP contribution >= 0.6 is 23.2 Å². The van der Waals surface area contributed by atoms with E-state index in [0.717, 1.165) is 71.3 Å². The Hall–Kier alpha value is -13.1. The van der Waals surface area contributed by atoms with Crippen LogP contribution in [0.4, 0.5) is 64.0 Å². The number of fused-ring (bicyclic) bond motifs is 3. The number of primary amides is 1. The highest BCUT2D eigenvalue weighted by Gasteiger charge is 2.45. The molecule has 7 aromatic heterocycles. The number of nitrogens with zero attached hydrogens (tertiary/aromatic N) is 9. The number of hydrogen-bond donors (Lipinski definition) is 8. The number of hydrogen-bond acceptors (Lipinski definition) is 18. The van der Waals surface area contributed by atoms with E-state index in [1.807, 2.05) is 0 Å². The first-order valence-corrected chi connectivity index (χ1v) is 30.5. The van der Waals surface area contributed by atoms with Crippen LogP contribution in [0.2, 0.25) is 10.0 Å². The summed E-state index contributed by atoms with van der Waals surface area (Å²) in [6, 6.07) is 27.3. The van der Waals surface area contributed by atoms with Gasteiger partial charge in [-0.05, 0) is 143 Å². The van der Waals surface area contributed by atoms with Gasteiger partial charge < -0.3 is 43.0 Å². The van der Waals surface area contributed by atoms with Crippen molar-refractivity contribution in [1.29, 1.82) is 0 Å². The van der Waals surface area contributed by atoms with Crippen molar-refractivity contribution in [1.82, 2.24) is 64.5 Å². The van der Waals surface area contributed by atoms with E-state index < -0.39 is 109 Å². The molecule has 10 heterocycles. The quantitative estimate of drug-likeness (QED) is 0.0494. The first-order chi connectivity index (χ1) is 49.2. The molecule has 0 saturated carbocycles. The number of aromatic nitrogens is 10. The minimum Gasteiger partial charge on any atom is -0.384 e. The summed E-state index contributed by atoms with van der Waals surface area (Å²) in [4.78, 5) is 132. The molecule has 11 aromatic rings. The molecule has 26 nitrogen and oxygen atoms in total. The lowest BCUT2D eigenvalue weighted by atomic mass is 10.0. The number of benzene rings is 4. The van der Waals surface area contributed by atoms with Crippen LogP contribution in [0.15, 0.2) is 196 Å². The van der Waals surface area contributed by atoms with Crippen LogP contribution in [-0.2, 0) is 17.0 Å². The number of rotatable bonds is 9. The lowest BCUT2D eigenvalue weighted by Gasteiger charge is -2.28. The summed E-state index contributed by atoms with van der Waals surface area (Å²) in [5, 5.41) is 13.5. The van der Waals surface area contributed by atoms with Gasteiger partial charge in [-0.25, -0.2) is 65.0 Å².